The summed E-state index contributed by atoms with van der Waals surface area (Å²) in [6.45, 7) is 0. The fourth-order valence-electron chi connectivity index (χ4n) is 1.09. The Morgan fingerprint density at radius 2 is 2.25 bits per heavy atom. The highest BCUT2D eigenvalue weighted by Crippen LogP contribution is 2.29. The molecule has 82 valence electrons. The molecule has 2 aromatic rings. The Balaban J connectivity index is 2.23. The summed E-state index contributed by atoms with van der Waals surface area (Å²) in [6.07, 6.45) is 0. The van der Waals surface area contributed by atoms with Gasteiger partial charge >= 0.3 is 0 Å². The molecular weight excluding hydrogens is 242 g/mol. The molecule has 0 bridgehead atoms. The van der Waals surface area contributed by atoms with Crippen LogP contribution in [0.1, 0.15) is 5.69 Å². The largest absolute Gasteiger partial charge is 0.409 e. The SMILES string of the molecule is NC(=NO)c1cccc(Sc2cccs2)n1. The predicted octanol–water partition coefficient (Wildman–Crippen LogP) is 2.39. The van der Waals surface area contributed by atoms with E-state index in [0.29, 0.717) is 5.69 Å². The molecule has 0 aliphatic carbocycles. The van der Waals surface area contributed by atoms with Crippen LogP contribution >= 0.6 is 23.1 Å². The second-order valence-corrected chi connectivity index (χ2v) is 5.15. The molecule has 0 spiro atoms. The van der Waals surface area contributed by atoms with Gasteiger partial charge in [0.05, 0.1) is 4.21 Å². The lowest BCUT2D eigenvalue weighted by Crippen LogP contribution is -2.14. The lowest BCUT2D eigenvalue weighted by molar-refractivity contribution is 0.318. The third-order valence-corrected chi connectivity index (χ3v) is 3.77. The summed E-state index contributed by atoms with van der Waals surface area (Å²) < 4.78 is 1.16. The van der Waals surface area contributed by atoms with Crippen molar-refractivity contribution in [3.05, 3.63) is 41.4 Å². The topological polar surface area (TPSA) is 71.5 Å². The van der Waals surface area contributed by atoms with Gasteiger partial charge in [-0.25, -0.2) is 4.98 Å². The van der Waals surface area contributed by atoms with Crippen LogP contribution in [0.2, 0.25) is 0 Å². The van der Waals surface area contributed by atoms with E-state index in [4.69, 9.17) is 10.9 Å². The van der Waals surface area contributed by atoms with Gasteiger partial charge in [-0.3, -0.25) is 0 Å². The molecule has 0 aliphatic rings. The van der Waals surface area contributed by atoms with Crippen LogP contribution in [0.4, 0.5) is 0 Å². The summed E-state index contributed by atoms with van der Waals surface area (Å²) in [5.74, 6) is 0.0219. The van der Waals surface area contributed by atoms with Gasteiger partial charge < -0.3 is 10.9 Å². The minimum Gasteiger partial charge on any atom is -0.409 e. The fraction of sp³-hybridized carbons (Fsp3) is 0. The third-order valence-electron chi connectivity index (χ3n) is 1.79. The number of nitrogens with zero attached hydrogens (tertiary/aromatic N) is 2. The summed E-state index contributed by atoms with van der Waals surface area (Å²) in [6, 6.07) is 9.43. The highest BCUT2D eigenvalue weighted by atomic mass is 32.2. The summed E-state index contributed by atoms with van der Waals surface area (Å²) in [4.78, 5) is 4.27. The molecule has 2 aromatic heterocycles. The monoisotopic (exact) mass is 251 g/mol. The molecule has 0 amide bonds. The number of hydrogen-bond donors (Lipinski definition) is 2. The van der Waals surface area contributed by atoms with E-state index >= 15 is 0 Å². The average molecular weight is 251 g/mol. The zero-order chi connectivity index (χ0) is 11.4. The van der Waals surface area contributed by atoms with Gasteiger partial charge in [0.25, 0.3) is 0 Å². The number of thiophene rings is 1. The molecule has 0 saturated carbocycles. The molecule has 2 heterocycles. The fourth-order valence-corrected chi connectivity index (χ4v) is 2.80. The number of aromatic nitrogens is 1. The molecule has 4 nitrogen and oxygen atoms in total. The van der Waals surface area contributed by atoms with Crippen LogP contribution in [-0.4, -0.2) is 16.0 Å². The van der Waals surface area contributed by atoms with E-state index in [1.54, 1.807) is 29.2 Å². The number of oxime groups is 1. The van der Waals surface area contributed by atoms with Crippen LogP contribution in [0.3, 0.4) is 0 Å². The van der Waals surface area contributed by atoms with Crippen molar-refractivity contribution in [1.82, 2.24) is 4.98 Å². The Hall–Kier alpha value is -1.53. The Kier molecular flexibility index (Phi) is 3.43. The zero-order valence-corrected chi connectivity index (χ0v) is 9.83. The second kappa shape index (κ2) is 5.00. The Bertz CT molecular complexity index is 497. The van der Waals surface area contributed by atoms with Crippen LogP contribution in [0.5, 0.6) is 0 Å². The third kappa shape index (κ3) is 2.53. The van der Waals surface area contributed by atoms with Crippen LogP contribution in [0, 0.1) is 0 Å². The average Bonchev–Trinajstić information content (AvgIpc) is 2.81. The molecule has 3 N–H and O–H groups in total. The van der Waals surface area contributed by atoms with Gasteiger partial charge in [-0.15, -0.1) is 11.3 Å². The van der Waals surface area contributed by atoms with Gasteiger partial charge in [-0.05, 0) is 23.6 Å². The van der Waals surface area contributed by atoms with E-state index in [0.717, 1.165) is 9.24 Å². The number of pyridine rings is 1. The lowest BCUT2D eigenvalue weighted by Gasteiger charge is -2.01. The molecule has 0 fully saturated rings. The smallest absolute Gasteiger partial charge is 0.188 e. The minimum atomic E-state index is 0.0219. The van der Waals surface area contributed by atoms with Crippen molar-refractivity contribution < 1.29 is 5.21 Å². The second-order valence-electron chi connectivity index (χ2n) is 2.88. The molecule has 2 rings (SSSR count). The summed E-state index contributed by atoms with van der Waals surface area (Å²) in [5.41, 5.74) is 5.94. The molecule has 16 heavy (non-hydrogen) atoms. The number of rotatable bonds is 3. The maximum atomic E-state index is 8.55. The first-order chi connectivity index (χ1) is 7.79. The molecule has 6 heteroatoms. The van der Waals surface area contributed by atoms with Gasteiger partial charge in [-0.2, -0.15) is 0 Å². The van der Waals surface area contributed by atoms with Crippen molar-refractivity contribution >= 4 is 28.9 Å². The van der Waals surface area contributed by atoms with E-state index in [-0.39, 0.29) is 5.84 Å². The first-order valence-corrected chi connectivity index (χ1v) is 6.15. The highest BCUT2D eigenvalue weighted by Gasteiger charge is 2.04. The minimum absolute atomic E-state index is 0.0219. The number of amidine groups is 1. The summed E-state index contributed by atoms with van der Waals surface area (Å²) in [7, 11) is 0. The van der Waals surface area contributed by atoms with Gasteiger partial charge in [-0.1, -0.05) is 29.1 Å². The predicted molar refractivity (Wildman–Crippen MR) is 65.2 cm³/mol. The summed E-state index contributed by atoms with van der Waals surface area (Å²) >= 11 is 3.20. The van der Waals surface area contributed by atoms with E-state index in [2.05, 4.69) is 10.1 Å². The van der Waals surface area contributed by atoms with Gasteiger partial charge in [0.2, 0.25) is 0 Å². The standard InChI is InChI=1S/C10H9N3OS2/c11-10(13-14)7-3-1-4-8(12-7)16-9-5-2-6-15-9/h1-6,14H,(H2,11,13). The highest BCUT2D eigenvalue weighted by molar-refractivity contribution is 8.01. The number of hydrogen-bond acceptors (Lipinski definition) is 5. The molecule has 0 saturated heterocycles. The molecule has 0 aliphatic heterocycles. The van der Waals surface area contributed by atoms with Gasteiger partial charge in [0.1, 0.15) is 10.7 Å². The normalized spacial score (nSPS) is 11.6. The molecule has 0 atom stereocenters. The van der Waals surface area contributed by atoms with Crippen molar-refractivity contribution in [2.75, 3.05) is 0 Å². The van der Waals surface area contributed by atoms with Crippen molar-refractivity contribution in [2.45, 2.75) is 9.24 Å². The van der Waals surface area contributed by atoms with Crippen molar-refractivity contribution in [1.29, 1.82) is 0 Å². The Labute approximate surface area is 101 Å². The van der Waals surface area contributed by atoms with Crippen LogP contribution < -0.4 is 5.73 Å². The quantitative estimate of drug-likeness (QED) is 0.380. The Morgan fingerprint density at radius 3 is 2.94 bits per heavy atom. The molecule has 0 unspecified atom stereocenters. The van der Waals surface area contributed by atoms with Crippen molar-refractivity contribution in [2.24, 2.45) is 10.9 Å². The first-order valence-electron chi connectivity index (χ1n) is 4.46. The van der Waals surface area contributed by atoms with Gasteiger partial charge in [0, 0.05) is 0 Å². The van der Waals surface area contributed by atoms with Crippen LogP contribution in [0.15, 0.2) is 50.1 Å². The van der Waals surface area contributed by atoms with E-state index in [9.17, 15) is 0 Å². The lowest BCUT2D eigenvalue weighted by atomic mass is 10.3. The van der Waals surface area contributed by atoms with E-state index < -0.39 is 0 Å². The first kappa shape index (κ1) is 11.0. The van der Waals surface area contributed by atoms with E-state index in [1.165, 1.54) is 0 Å². The molecular formula is C10H9N3OS2. The molecule has 0 radical (unpaired) electrons. The maximum Gasteiger partial charge on any atom is 0.188 e. The van der Waals surface area contributed by atoms with E-state index in [1.807, 2.05) is 29.6 Å². The van der Waals surface area contributed by atoms with Gasteiger partial charge in [0.15, 0.2) is 5.84 Å². The zero-order valence-electron chi connectivity index (χ0n) is 8.20. The maximum absolute atomic E-state index is 8.55. The van der Waals surface area contributed by atoms with Crippen LogP contribution in [-0.2, 0) is 0 Å². The van der Waals surface area contributed by atoms with Crippen LogP contribution in [0.25, 0.3) is 0 Å². The van der Waals surface area contributed by atoms with Crippen molar-refractivity contribution in [3.8, 4) is 0 Å². The van der Waals surface area contributed by atoms with Crippen molar-refractivity contribution in [3.63, 3.8) is 0 Å². The summed E-state index contributed by atoms with van der Waals surface area (Å²) in [5, 5.41) is 14.3. The number of nitrogens with two attached hydrogens (primary N) is 1. The Morgan fingerprint density at radius 1 is 1.38 bits per heavy atom. The molecule has 0 aromatic carbocycles.